The van der Waals surface area contributed by atoms with Gasteiger partial charge in [0.15, 0.2) is 6.54 Å². The lowest BCUT2D eigenvalue weighted by molar-refractivity contribution is -0.885. The third-order valence-corrected chi connectivity index (χ3v) is 6.19. The quantitative estimate of drug-likeness (QED) is 0.606. The van der Waals surface area contributed by atoms with Crippen molar-refractivity contribution in [1.29, 1.82) is 0 Å². The Morgan fingerprint density at radius 3 is 2.58 bits per heavy atom. The van der Waals surface area contributed by atoms with Crippen molar-refractivity contribution in [3.05, 3.63) is 42.0 Å². The molecule has 31 heavy (non-hydrogen) atoms. The molecule has 2 aromatic rings. The summed E-state index contributed by atoms with van der Waals surface area (Å²) in [5, 5.41) is 5.86. The van der Waals surface area contributed by atoms with Gasteiger partial charge in [-0.1, -0.05) is 37.5 Å². The Morgan fingerprint density at radius 2 is 1.84 bits per heavy atom. The number of methoxy groups -OCH3 is 1. The van der Waals surface area contributed by atoms with Crippen LogP contribution in [0, 0.1) is 0 Å². The summed E-state index contributed by atoms with van der Waals surface area (Å²) < 4.78 is 5.26. The van der Waals surface area contributed by atoms with E-state index in [1.54, 1.807) is 7.11 Å². The summed E-state index contributed by atoms with van der Waals surface area (Å²) in [4.78, 5) is 38.6. The van der Waals surface area contributed by atoms with Crippen molar-refractivity contribution in [1.82, 2.24) is 15.8 Å². The number of carbonyl (C=O) groups excluding carboxylic acids is 3. The maximum absolute atomic E-state index is 12.8. The number of hydrogen-bond acceptors (Lipinski definition) is 4. The van der Waals surface area contributed by atoms with Gasteiger partial charge in [0.2, 0.25) is 0 Å². The van der Waals surface area contributed by atoms with Crippen LogP contribution in [-0.4, -0.2) is 49.1 Å². The number of likely N-dealkylation sites (N-methyl/N-ethyl adjacent to an activating group) is 1. The first-order chi connectivity index (χ1) is 14.9. The first-order valence-electron chi connectivity index (χ1n) is 10.7. The minimum Gasteiger partial charge on any atom is -0.497 e. The van der Waals surface area contributed by atoms with E-state index < -0.39 is 11.6 Å². The van der Waals surface area contributed by atoms with Gasteiger partial charge in [-0.2, -0.15) is 5.01 Å². The average Bonchev–Trinajstić information content (AvgIpc) is 2.97. The molecular formula is C23H29N4O4+. The third kappa shape index (κ3) is 4.34. The lowest BCUT2D eigenvalue weighted by atomic mass is 9.82. The summed E-state index contributed by atoms with van der Waals surface area (Å²) in [5.41, 5.74) is 2.77. The van der Waals surface area contributed by atoms with Gasteiger partial charge >= 0.3 is 6.03 Å². The van der Waals surface area contributed by atoms with E-state index in [0.717, 1.165) is 51.3 Å². The molecule has 1 unspecified atom stereocenters. The molecule has 4 amide bonds. The molecular weight excluding hydrogens is 396 g/mol. The Morgan fingerprint density at radius 1 is 1.13 bits per heavy atom. The topological polar surface area (TPSA) is 92.2 Å². The van der Waals surface area contributed by atoms with Crippen LogP contribution in [0.3, 0.4) is 0 Å². The minimum atomic E-state index is -0.838. The number of nitrogens with zero attached hydrogens (tertiary/aromatic N) is 1. The summed E-state index contributed by atoms with van der Waals surface area (Å²) in [5.74, 6) is 0.114. The largest absolute Gasteiger partial charge is 0.497 e. The molecule has 1 spiro atoms. The van der Waals surface area contributed by atoms with E-state index in [-0.39, 0.29) is 18.4 Å². The van der Waals surface area contributed by atoms with Gasteiger partial charge < -0.3 is 15.0 Å². The van der Waals surface area contributed by atoms with Crippen molar-refractivity contribution < 1.29 is 24.0 Å². The number of nitrogens with one attached hydrogen (secondary N) is 3. The molecule has 1 atom stereocenters. The number of amides is 4. The molecule has 2 aromatic carbocycles. The van der Waals surface area contributed by atoms with Gasteiger partial charge in [-0.3, -0.25) is 15.0 Å². The monoisotopic (exact) mass is 425 g/mol. The van der Waals surface area contributed by atoms with Gasteiger partial charge in [-0.15, -0.1) is 0 Å². The molecule has 1 aliphatic carbocycles. The number of rotatable bonds is 6. The fraction of sp³-hybridized carbons (Fsp3) is 0.435. The van der Waals surface area contributed by atoms with E-state index in [2.05, 4.69) is 16.8 Å². The molecule has 1 saturated heterocycles. The van der Waals surface area contributed by atoms with Crippen LogP contribution in [0.5, 0.6) is 5.75 Å². The van der Waals surface area contributed by atoms with Crippen molar-refractivity contribution in [2.24, 2.45) is 0 Å². The Labute approximate surface area is 181 Å². The van der Waals surface area contributed by atoms with Gasteiger partial charge in [0.1, 0.15) is 17.8 Å². The number of ether oxygens (including phenoxy) is 1. The summed E-state index contributed by atoms with van der Waals surface area (Å²) in [6.45, 7) is 0.782. The predicted octanol–water partition coefficient (Wildman–Crippen LogP) is 1.15. The van der Waals surface area contributed by atoms with E-state index in [4.69, 9.17) is 4.74 Å². The zero-order chi connectivity index (χ0) is 22.0. The smallest absolute Gasteiger partial charge is 0.344 e. The minimum absolute atomic E-state index is 0.144. The third-order valence-electron chi connectivity index (χ3n) is 6.19. The van der Waals surface area contributed by atoms with Gasteiger partial charge in [0.25, 0.3) is 11.8 Å². The second kappa shape index (κ2) is 8.55. The maximum Gasteiger partial charge on any atom is 0.344 e. The van der Waals surface area contributed by atoms with Crippen LogP contribution in [0.1, 0.15) is 37.7 Å². The predicted molar refractivity (Wildman–Crippen MR) is 115 cm³/mol. The number of fused-ring (bicyclic) bond motifs is 1. The first kappa shape index (κ1) is 21.1. The van der Waals surface area contributed by atoms with Crippen LogP contribution < -0.4 is 20.4 Å². The zero-order valence-corrected chi connectivity index (χ0v) is 18.0. The van der Waals surface area contributed by atoms with Crippen LogP contribution >= 0.6 is 0 Å². The van der Waals surface area contributed by atoms with E-state index in [1.165, 1.54) is 0 Å². The van der Waals surface area contributed by atoms with E-state index >= 15 is 0 Å². The van der Waals surface area contributed by atoms with Crippen LogP contribution in [0.2, 0.25) is 0 Å². The van der Waals surface area contributed by atoms with Gasteiger partial charge in [-0.25, -0.2) is 4.79 Å². The van der Waals surface area contributed by atoms with Crippen LogP contribution in [-0.2, 0) is 16.1 Å². The summed E-state index contributed by atoms with van der Waals surface area (Å²) >= 11 is 0. The van der Waals surface area contributed by atoms with Crippen LogP contribution in [0.15, 0.2) is 36.4 Å². The molecule has 3 N–H and O–H groups in total. The molecule has 164 valence electrons. The molecule has 8 heteroatoms. The highest BCUT2D eigenvalue weighted by atomic mass is 16.5. The maximum atomic E-state index is 12.8. The molecule has 2 fully saturated rings. The highest BCUT2D eigenvalue weighted by Gasteiger charge is 2.52. The highest BCUT2D eigenvalue weighted by Crippen LogP contribution is 2.32. The molecule has 1 heterocycles. The second-order valence-corrected chi connectivity index (χ2v) is 8.61. The Bertz CT molecular complexity index is 1020. The number of hydrogen-bond donors (Lipinski definition) is 3. The normalized spacial score (nSPS) is 18.8. The molecule has 1 aliphatic heterocycles. The molecule has 8 nitrogen and oxygen atoms in total. The second-order valence-electron chi connectivity index (χ2n) is 8.61. The van der Waals surface area contributed by atoms with Gasteiger partial charge in [0.05, 0.1) is 14.2 Å². The fourth-order valence-corrected chi connectivity index (χ4v) is 4.58. The first-order valence-corrected chi connectivity index (χ1v) is 10.7. The molecule has 1 saturated carbocycles. The Kier molecular flexibility index (Phi) is 5.82. The number of quaternary nitrogens is 1. The van der Waals surface area contributed by atoms with E-state index in [1.807, 2.05) is 37.4 Å². The number of carbonyl (C=O) groups is 3. The van der Waals surface area contributed by atoms with Gasteiger partial charge in [0, 0.05) is 5.56 Å². The summed E-state index contributed by atoms with van der Waals surface area (Å²) in [6, 6.07) is 11.6. The molecule has 0 aromatic heterocycles. The Balaban J connectivity index is 1.35. The fourth-order valence-electron chi connectivity index (χ4n) is 4.58. The highest BCUT2D eigenvalue weighted by molar-refractivity contribution is 6.08. The number of imide groups is 1. The summed E-state index contributed by atoms with van der Waals surface area (Å²) in [7, 11) is 3.56. The van der Waals surface area contributed by atoms with Crippen molar-refractivity contribution in [3.63, 3.8) is 0 Å². The van der Waals surface area contributed by atoms with Crippen molar-refractivity contribution >= 4 is 28.6 Å². The summed E-state index contributed by atoms with van der Waals surface area (Å²) in [6.07, 6.45) is 4.12. The lowest BCUT2D eigenvalue weighted by Gasteiger charge is -2.30. The molecule has 4 rings (SSSR count). The van der Waals surface area contributed by atoms with Gasteiger partial charge in [-0.05, 0) is 41.8 Å². The standard InChI is InChI=1S/C23H28N4O4/c1-26(14-16-6-7-18-13-19(31-2)9-8-17(18)12-16)15-20(28)25-27-21(29)23(24-22(27)30)10-4-3-5-11-23/h6-9,12-13H,3-5,10-11,14-15H2,1-2H3,(H,24,30)(H,25,28)/p+1. The number of benzene rings is 2. The number of urea groups is 1. The van der Waals surface area contributed by atoms with E-state index in [9.17, 15) is 14.4 Å². The van der Waals surface area contributed by atoms with Crippen molar-refractivity contribution in [2.45, 2.75) is 44.2 Å². The van der Waals surface area contributed by atoms with Crippen LogP contribution in [0.25, 0.3) is 10.8 Å². The number of hydrazine groups is 1. The molecule has 2 aliphatic rings. The molecule has 0 bridgehead atoms. The lowest BCUT2D eigenvalue weighted by Crippen LogP contribution is -3.09. The average molecular weight is 426 g/mol. The van der Waals surface area contributed by atoms with Crippen molar-refractivity contribution in [3.8, 4) is 5.75 Å². The Hall–Kier alpha value is -3.13. The van der Waals surface area contributed by atoms with Crippen LogP contribution in [0.4, 0.5) is 4.79 Å². The van der Waals surface area contributed by atoms with Crippen molar-refractivity contribution in [2.75, 3.05) is 20.7 Å². The SMILES string of the molecule is COc1ccc2cc(C[NH+](C)CC(=O)NN3C(=O)NC4(CCCCC4)C3=O)ccc2c1. The zero-order valence-electron chi connectivity index (χ0n) is 18.0. The molecule has 0 radical (unpaired) electrons. The van der Waals surface area contributed by atoms with E-state index in [0.29, 0.717) is 19.4 Å².